The Bertz CT molecular complexity index is 1250. The quantitative estimate of drug-likeness (QED) is 0.569. The van der Waals surface area contributed by atoms with Crippen molar-refractivity contribution in [2.75, 3.05) is 6.54 Å². The number of hydrogen-bond acceptors (Lipinski definition) is 4. The molecule has 0 saturated carbocycles. The summed E-state index contributed by atoms with van der Waals surface area (Å²) in [7, 11) is -3.59. The van der Waals surface area contributed by atoms with Crippen LogP contribution < -0.4 is 9.46 Å². The van der Waals surface area contributed by atoms with Gasteiger partial charge in [-0.25, -0.2) is 17.9 Å². The third kappa shape index (κ3) is 4.52. The molecule has 0 aliphatic carbocycles. The number of ether oxygens (including phenoxy) is 1. The van der Waals surface area contributed by atoms with E-state index in [1.165, 1.54) is 6.07 Å². The molecule has 1 heterocycles. The molecule has 0 bridgehead atoms. The maximum absolute atomic E-state index is 12.4. The van der Waals surface area contributed by atoms with Crippen molar-refractivity contribution in [2.24, 2.45) is 0 Å². The first-order chi connectivity index (χ1) is 15.0. The minimum absolute atomic E-state index is 0.164. The third-order valence-corrected chi connectivity index (χ3v) is 6.52. The van der Waals surface area contributed by atoms with Crippen LogP contribution in [-0.4, -0.2) is 26.0 Å². The fourth-order valence-corrected chi connectivity index (χ4v) is 4.59. The maximum Gasteiger partial charge on any atom is 0.335 e. The van der Waals surface area contributed by atoms with E-state index in [0.29, 0.717) is 24.3 Å². The summed E-state index contributed by atoms with van der Waals surface area (Å²) in [6.45, 7) is 0.575. The lowest BCUT2D eigenvalue weighted by Gasteiger charge is -2.12. The van der Waals surface area contributed by atoms with E-state index in [2.05, 4.69) is 4.72 Å². The molecule has 0 saturated heterocycles. The van der Waals surface area contributed by atoms with Gasteiger partial charge in [0.05, 0.1) is 10.5 Å². The van der Waals surface area contributed by atoms with Gasteiger partial charge in [-0.15, -0.1) is 0 Å². The summed E-state index contributed by atoms with van der Waals surface area (Å²) in [6, 6.07) is 20.7. The average Bonchev–Trinajstić information content (AvgIpc) is 2.94. The van der Waals surface area contributed by atoms with E-state index >= 15 is 0 Å². The highest BCUT2D eigenvalue weighted by molar-refractivity contribution is 7.89. The van der Waals surface area contributed by atoms with E-state index in [4.69, 9.17) is 4.74 Å². The van der Waals surface area contributed by atoms with Gasteiger partial charge in [-0.3, -0.25) is 0 Å². The second-order valence-electron chi connectivity index (χ2n) is 7.08. The molecule has 1 aliphatic rings. The van der Waals surface area contributed by atoms with Crippen molar-refractivity contribution in [3.63, 3.8) is 0 Å². The molecule has 7 heteroatoms. The van der Waals surface area contributed by atoms with Gasteiger partial charge in [0.1, 0.15) is 12.4 Å². The topological polar surface area (TPSA) is 92.7 Å². The molecule has 0 spiro atoms. The number of sulfonamides is 1. The Hall–Kier alpha value is -3.42. The number of carbonyl (C=O) groups is 1. The summed E-state index contributed by atoms with van der Waals surface area (Å²) in [6.07, 6.45) is 2.35. The molecule has 0 unspecified atom stereocenters. The Balaban J connectivity index is 1.64. The number of carboxylic acid groups (broad SMARTS) is 1. The van der Waals surface area contributed by atoms with Gasteiger partial charge in [-0.1, -0.05) is 48.5 Å². The van der Waals surface area contributed by atoms with Crippen LogP contribution in [0, 0.1) is 0 Å². The Morgan fingerprint density at radius 2 is 1.74 bits per heavy atom. The van der Waals surface area contributed by atoms with E-state index in [1.807, 2.05) is 30.3 Å². The molecule has 4 rings (SSSR count). The molecule has 0 amide bonds. The van der Waals surface area contributed by atoms with Crippen molar-refractivity contribution < 1.29 is 23.1 Å². The highest BCUT2D eigenvalue weighted by atomic mass is 32.2. The first kappa shape index (κ1) is 20.8. The third-order valence-electron chi connectivity index (χ3n) is 5.05. The Morgan fingerprint density at radius 1 is 1.00 bits per heavy atom. The Kier molecular flexibility index (Phi) is 5.88. The lowest BCUT2D eigenvalue weighted by molar-refractivity contribution is 0.0696. The summed E-state index contributed by atoms with van der Waals surface area (Å²) >= 11 is 0. The molecule has 1 aliphatic heterocycles. The number of aromatic carboxylic acids is 1. The van der Waals surface area contributed by atoms with Crippen LogP contribution in [0.5, 0.6) is 5.75 Å². The largest absolute Gasteiger partial charge is 0.488 e. The van der Waals surface area contributed by atoms with Crippen LogP contribution in [0.25, 0.3) is 5.57 Å². The van der Waals surface area contributed by atoms with E-state index < -0.39 is 16.0 Å². The van der Waals surface area contributed by atoms with Crippen LogP contribution in [-0.2, 0) is 16.6 Å². The Morgan fingerprint density at radius 3 is 2.52 bits per heavy atom. The molecule has 6 nitrogen and oxygen atoms in total. The molecular weight excluding hydrogens is 414 g/mol. The van der Waals surface area contributed by atoms with Gasteiger partial charge < -0.3 is 9.84 Å². The van der Waals surface area contributed by atoms with Crippen LogP contribution in [0.1, 0.15) is 33.5 Å². The zero-order chi connectivity index (χ0) is 21.8. The van der Waals surface area contributed by atoms with Crippen LogP contribution >= 0.6 is 0 Å². The zero-order valence-corrected chi connectivity index (χ0v) is 17.4. The summed E-state index contributed by atoms with van der Waals surface area (Å²) in [5.74, 6) is -0.424. The summed E-state index contributed by atoms with van der Waals surface area (Å²) in [4.78, 5) is 11.7. The van der Waals surface area contributed by atoms with Crippen molar-refractivity contribution in [1.82, 2.24) is 4.72 Å². The van der Waals surface area contributed by atoms with Crippen molar-refractivity contribution in [1.29, 1.82) is 0 Å². The van der Waals surface area contributed by atoms with Gasteiger partial charge in [-0.2, -0.15) is 0 Å². The first-order valence-corrected chi connectivity index (χ1v) is 11.3. The molecular formula is C24H21NO5S. The van der Waals surface area contributed by atoms with Crippen LogP contribution in [0.15, 0.2) is 83.8 Å². The standard InChI is InChI=1S/C24H21NO5S/c26-24(27)17-12-13-23-22(15-17)21(20-10-5-4-7-18(20)16-30-23)11-6-14-25-31(28,29)19-8-2-1-3-9-19/h1-5,7-13,15,25H,6,14,16H2,(H,26,27)/b21-11-. The van der Waals surface area contributed by atoms with Gasteiger partial charge in [0.25, 0.3) is 0 Å². The average molecular weight is 436 g/mol. The highest BCUT2D eigenvalue weighted by Crippen LogP contribution is 2.37. The summed E-state index contributed by atoms with van der Waals surface area (Å²) in [5.41, 5.74) is 3.58. The fourth-order valence-electron chi connectivity index (χ4n) is 3.52. The lowest BCUT2D eigenvalue weighted by Crippen LogP contribution is -2.24. The summed E-state index contributed by atoms with van der Waals surface area (Å²) < 4.78 is 33.4. The fraction of sp³-hybridized carbons (Fsp3) is 0.125. The van der Waals surface area contributed by atoms with E-state index in [0.717, 1.165) is 16.7 Å². The van der Waals surface area contributed by atoms with Crippen LogP contribution in [0.3, 0.4) is 0 Å². The molecule has 0 atom stereocenters. The van der Waals surface area contributed by atoms with Crippen LogP contribution in [0.2, 0.25) is 0 Å². The second-order valence-corrected chi connectivity index (χ2v) is 8.85. The van der Waals surface area contributed by atoms with Crippen molar-refractivity contribution >= 4 is 21.6 Å². The molecule has 3 aromatic carbocycles. The van der Waals surface area contributed by atoms with Gasteiger partial charge in [0, 0.05) is 12.1 Å². The Labute approximate surface area is 180 Å². The SMILES string of the molecule is O=C(O)c1ccc2c(c1)/C(=C\CCNS(=O)(=O)c1ccccc1)c1ccccc1CO2. The predicted octanol–water partition coefficient (Wildman–Crippen LogP) is 4.08. The highest BCUT2D eigenvalue weighted by Gasteiger charge is 2.20. The number of carboxylic acids is 1. The number of hydrogen-bond donors (Lipinski definition) is 2. The normalized spacial score (nSPS) is 14.3. The number of nitrogens with one attached hydrogen (secondary N) is 1. The number of rotatable bonds is 6. The van der Waals surface area contributed by atoms with Crippen molar-refractivity contribution in [2.45, 2.75) is 17.9 Å². The second kappa shape index (κ2) is 8.75. The first-order valence-electron chi connectivity index (χ1n) is 9.79. The minimum Gasteiger partial charge on any atom is -0.488 e. The molecule has 2 N–H and O–H groups in total. The van der Waals surface area contributed by atoms with E-state index in [-0.39, 0.29) is 17.0 Å². The predicted molar refractivity (Wildman–Crippen MR) is 118 cm³/mol. The lowest BCUT2D eigenvalue weighted by atomic mass is 9.92. The molecule has 0 aromatic heterocycles. The molecule has 158 valence electrons. The van der Waals surface area contributed by atoms with Gasteiger partial charge in [-0.05, 0) is 53.5 Å². The van der Waals surface area contributed by atoms with E-state index in [9.17, 15) is 18.3 Å². The summed E-state index contributed by atoms with van der Waals surface area (Å²) in [5, 5.41) is 9.41. The van der Waals surface area contributed by atoms with E-state index in [1.54, 1.807) is 42.5 Å². The molecule has 0 fully saturated rings. The minimum atomic E-state index is -3.59. The maximum atomic E-state index is 12.4. The number of fused-ring (bicyclic) bond motifs is 2. The van der Waals surface area contributed by atoms with Gasteiger partial charge in [0.2, 0.25) is 10.0 Å². The van der Waals surface area contributed by atoms with Gasteiger partial charge >= 0.3 is 5.97 Å². The number of benzene rings is 3. The van der Waals surface area contributed by atoms with Crippen molar-refractivity contribution in [3.8, 4) is 5.75 Å². The molecule has 3 aromatic rings. The van der Waals surface area contributed by atoms with Gasteiger partial charge in [0.15, 0.2) is 0 Å². The zero-order valence-electron chi connectivity index (χ0n) is 16.6. The molecule has 31 heavy (non-hydrogen) atoms. The van der Waals surface area contributed by atoms with Crippen molar-refractivity contribution in [3.05, 3.63) is 101 Å². The molecule has 0 radical (unpaired) electrons. The smallest absolute Gasteiger partial charge is 0.335 e. The monoisotopic (exact) mass is 435 g/mol. The van der Waals surface area contributed by atoms with Crippen LogP contribution in [0.4, 0.5) is 0 Å².